The van der Waals surface area contributed by atoms with Crippen LogP contribution in [0.15, 0.2) is 46.5 Å². The minimum absolute atomic E-state index is 0.00352. The summed E-state index contributed by atoms with van der Waals surface area (Å²) in [4.78, 5) is 7.10. The molecule has 2 aromatic heterocycles. The lowest BCUT2D eigenvalue weighted by atomic mass is 10.5. The zero-order valence-electron chi connectivity index (χ0n) is 12.4. The fraction of sp³-hybridized carbons (Fsp3) is 0.167. The van der Waals surface area contributed by atoms with Gasteiger partial charge in [-0.15, -0.1) is 0 Å². The first-order chi connectivity index (χ1) is 11.0. The van der Waals surface area contributed by atoms with Gasteiger partial charge < -0.3 is 0 Å². The van der Waals surface area contributed by atoms with Crippen LogP contribution in [-0.2, 0) is 19.1 Å². The molecule has 0 aliphatic carbocycles. The third kappa shape index (κ3) is 5.54. The van der Waals surface area contributed by atoms with Gasteiger partial charge in [0.2, 0.25) is 10.0 Å². The van der Waals surface area contributed by atoms with Gasteiger partial charge in [-0.1, -0.05) is 23.2 Å². The van der Waals surface area contributed by atoms with Gasteiger partial charge >= 0.3 is 0 Å². The van der Waals surface area contributed by atoms with Crippen LogP contribution in [0.1, 0.15) is 0 Å². The third-order valence-corrected chi connectivity index (χ3v) is 6.50. The summed E-state index contributed by atoms with van der Waals surface area (Å²) in [7, 11) is 0.673. The van der Waals surface area contributed by atoms with Crippen LogP contribution in [0.4, 0.5) is 0 Å². The van der Waals surface area contributed by atoms with Crippen LogP contribution < -0.4 is 0 Å². The van der Waals surface area contributed by atoms with Crippen molar-refractivity contribution in [2.45, 2.75) is 9.79 Å². The van der Waals surface area contributed by atoms with Gasteiger partial charge in [0.15, 0.2) is 0 Å². The molecule has 2 rings (SSSR count). The number of nitrogens with zero attached hydrogens (tertiary/aromatic N) is 3. The van der Waals surface area contributed by atoms with Crippen molar-refractivity contribution in [3.63, 3.8) is 0 Å². The highest BCUT2D eigenvalue weighted by molar-refractivity contribution is 8.13. The van der Waals surface area contributed by atoms with Crippen LogP contribution in [-0.4, -0.2) is 45.2 Å². The summed E-state index contributed by atoms with van der Waals surface area (Å²) in [6, 6.07) is 5.69. The number of rotatable bonds is 3. The standard InChI is InChI=1S/C7H9ClN2O2S.C5H3Cl2NO2S/c1-10(2)13(11,12)6-4-3-5-9-7(6)8;6-5-4(11(7,9)10)2-1-3-8-5/h3-5H,1-2H3;1-3H. The van der Waals surface area contributed by atoms with E-state index in [4.69, 9.17) is 33.9 Å². The van der Waals surface area contributed by atoms with Gasteiger partial charge in [-0.05, 0) is 24.3 Å². The van der Waals surface area contributed by atoms with Crippen LogP contribution >= 0.6 is 33.9 Å². The molecule has 2 heterocycles. The number of aromatic nitrogens is 2. The second-order valence-electron chi connectivity index (χ2n) is 4.31. The van der Waals surface area contributed by atoms with Crippen molar-refractivity contribution in [3.05, 3.63) is 47.0 Å². The normalized spacial score (nSPS) is 11.8. The number of pyridine rings is 2. The van der Waals surface area contributed by atoms with Crippen molar-refractivity contribution in [2.75, 3.05) is 14.1 Å². The average molecular weight is 433 g/mol. The maximum absolute atomic E-state index is 11.6. The quantitative estimate of drug-likeness (QED) is 0.546. The van der Waals surface area contributed by atoms with Crippen LogP contribution in [0.3, 0.4) is 0 Å². The smallest absolute Gasteiger partial charge is 0.243 e. The lowest BCUT2D eigenvalue weighted by molar-refractivity contribution is 0.520. The van der Waals surface area contributed by atoms with Gasteiger partial charge in [0.05, 0.1) is 0 Å². The Morgan fingerprint density at radius 2 is 1.29 bits per heavy atom. The summed E-state index contributed by atoms with van der Waals surface area (Å²) in [5.41, 5.74) is 0. The largest absolute Gasteiger partial charge is 0.264 e. The minimum atomic E-state index is -3.76. The first-order valence-electron chi connectivity index (χ1n) is 6.06. The molecule has 7 nitrogen and oxygen atoms in total. The molecule has 0 amide bonds. The van der Waals surface area contributed by atoms with E-state index < -0.39 is 19.1 Å². The van der Waals surface area contributed by atoms with Crippen molar-refractivity contribution in [3.8, 4) is 0 Å². The highest BCUT2D eigenvalue weighted by Crippen LogP contribution is 2.21. The minimum Gasteiger partial charge on any atom is -0.243 e. The Morgan fingerprint density at radius 3 is 1.58 bits per heavy atom. The van der Waals surface area contributed by atoms with Crippen LogP contribution in [0.5, 0.6) is 0 Å². The van der Waals surface area contributed by atoms with Gasteiger partial charge in [0, 0.05) is 37.2 Å². The van der Waals surface area contributed by atoms with Crippen molar-refractivity contribution >= 4 is 53.0 Å². The Balaban J connectivity index is 0.000000243. The molecule has 0 aliphatic rings. The fourth-order valence-electron chi connectivity index (χ4n) is 1.31. The second-order valence-corrected chi connectivity index (χ2v) is 9.68. The Labute approximate surface area is 154 Å². The van der Waals surface area contributed by atoms with E-state index in [1.54, 1.807) is 0 Å². The fourth-order valence-corrected chi connectivity index (χ4v) is 4.05. The van der Waals surface area contributed by atoms with E-state index >= 15 is 0 Å². The summed E-state index contributed by atoms with van der Waals surface area (Å²) in [6.45, 7) is 0. The number of halogens is 3. The van der Waals surface area contributed by atoms with Crippen molar-refractivity contribution in [1.82, 2.24) is 14.3 Å². The summed E-state index contributed by atoms with van der Waals surface area (Å²) < 4.78 is 45.6. The molecule has 2 aromatic rings. The molecule has 0 aromatic carbocycles. The van der Waals surface area contributed by atoms with E-state index in [-0.39, 0.29) is 20.1 Å². The molecule has 0 saturated heterocycles. The first kappa shape index (κ1) is 21.1. The van der Waals surface area contributed by atoms with E-state index in [1.807, 2.05) is 0 Å². The van der Waals surface area contributed by atoms with Gasteiger partial charge in [0.25, 0.3) is 9.05 Å². The molecule has 0 atom stereocenters. The van der Waals surface area contributed by atoms with Crippen molar-refractivity contribution in [1.29, 1.82) is 0 Å². The Hall–Kier alpha value is -0.970. The van der Waals surface area contributed by atoms with Crippen LogP contribution in [0.2, 0.25) is 10.3 Å². The molecular formula is C12H12Cl3N3O4S2. The average Bonchev–Trinajstić information content (AvgIpc) is 2.47. The summed E-state index contributed by atoms with van der Waals surface area (Å²) in [5, 5.41) is -0.112. The molecule has 0 radical (unpaired) electrons. The molecule has 12 heteroatoms. The molecule has 0 fully saturated rings. The Morgan fingerprint density at radius 1 is 0.875 bits per heavy atom. The molecule has 0 aliphatic heterocycles. The van der Waals surface area contributed by atoms with E-state index in [9.17, 15) is 16.8 Å². The van der Waals surface area contributed by atoms with Crippen molar-refractivity contribution in [2.24, 2.45) is 0 Å². The number of sulfonamides is 1. The number of hydrogen-bond donors (Lipinski definition) is 0. The molecule has 0 saturated carbocycles. The van der Waals surface area contributed by atoms with Crippen LogP contribution in [0, 0.1) is 0 Å². The summed E-state index contributed by atoms with van der Waals surface area (Å²) in [5.74, 6) is 0. The maximum atomic E-state index is 11.6. The van der Waals surface area contributed by atoms with E-state index in [2.05, 4.69) is 9.97 Å². The van der Waals surface area contributed by atoms with Gasteiger partial charge in [-0.25, -0.2) is 31.1 Å². The highest BCUT2D eigenvalue weighted by atomic mass is 35.7. The van der Waals surface area contributed by atoms with Gasteiger partial charge in [0.1, 0.15) is 20.1 Å². The molecule has 24 heavy (non-hydrogen) atoms. The van der Waals surface area contributed by atoms with Crippen molar-refractivity contribution < 1.29 is 16.8 Å². The first-order valence-corrected chi connectivity index (χ1v) is 10.6. The van der Waals surface area contributed by atoms with Gasteiger partial charge in [-0.3, -0.25) is 0 Å². The maximum Gasteiger partial charge on any atom is 0.264 e. The molecule has 0 bridgehead atoms. The topological polar surface area (TPSA) is 97.3 Å². The third-order valence-electron chi connectivity index (χ3n) is 2.47. The summed E-state index contributed by atoms with van der Waals surface area (Å²) >= 11 is 11.1. The zero-order valence-corrected chi connectivity index (χ0v) is 16.3. The Kier molecular flexibility index (Phi) is 7.39. The monoisotopic (exact) mass is 431 g/mol. The van der Waals surface area contributed by atoms with Gasteiger partial charge in [-0.2, -0.15) is 0 Å². The Bertz CT molecular complexity index is 919. The lowest BCUT2D eigenvalue weighted by Gasteiger charge is -2.11. The molecule has 0 spiro atoms. The van der Waals surface area contributed by atoms with E-state index in [0.717, 1.165) is 4.31 Å². The number of hydrogen-bond acceptors (Lipinski definition) is 6. The zero-order chi connectivity index (χ0) is 18.5. The SMILES string of the molecule is CN(C)S(=O)(=O)c1cccnc1Cl.O=S(=O)(Cl)c1cccnc1Cl. The summed E-state index contributed by atoms with van der Waals surface area (Å²) in [6.07, 6.45) is 2.82. The molecule has 132 valence electrons. The molecule has 0 unspecified atom stereocenters. The van der Waals surface area contributed by atoms with E-state index in [0.29, 0.717) is 0 Å². The second kappa shape index (κ2) is 8.41. The van der Waals surface area contributed by atoms with E-state index in [1.165, 1.54) is 50.8 Å². The highest BCUT2D eigenvalue weighted by Gasteiger charge is 2.20. The predicted molar refractivity (Wildman–Crippen MR) is 92.4 cm³/mol. The predicted octanol–water partition coefficient (Wildman–Crippen LogP) is 2.65. The molecular weight excluding hydrogens is 421 g/mol. The lowest BCUT2D eigenvalue weighted by Crippen LogP contribution is -2.22. The van der Waals surface area contributed by atoms with Crippen LogP contribution in [0.25, 0.3) is 0 Å². The molecule has 0 N–H and O–H groups in total.